The van der Waals surface area contributed by atoms with Crippen LogP contribution in [0.15, 0.2) is 5.57 Å². The second-order valence-electron chi connectivity index (χ2n) is 3.52. The standard InChI is InChI=1S/C10F8O/c11-4-1-2(9(19)3(4)10(16,17)18)6(13)8(15)7(14)5(1)12. The molecule has 0 spiro atoms. The largest absolute Gasteiger partial charge is 0.423 e. The van der Waals surface area contributed by atoms with Gasteiger partial charge < -0.3 is 0 Å². The first-order chi connectivity index (χ1) is 8.59. The average Bonchev–Trinajstić information content (AvgIpc) is 2.55. The minimum Gasteiger partial charge on any atom is -0.288 e. The molecule has 2 rings (SSSR count). The topological polar surface area (TPSA) is 17.1 Å². The van der Waals surface area contributed by atoms with Crippen molar-refractivity contribution in [2.75, 3.05) is 0 Å². The number of halogens is 8. The van der Waals surface area contributed by atoms with E-state index in [1.165, 1.54) is 0 Å². The smallest absolute Gasteiger partial charge is 0.288 e. The van der Waals surface area contributed by atoms with Gasteiger partial charge in [-0.2, -0.15) is 13.2 Å². The summed E-state index contributed by atoms with van der Waals surface area (Å²) in [4.78, 5) is 11.2. The summed E-state index contributed by atoms with van der Waals surface area (Å²) in [5.41, 5.74) is -6.15. The number of alkyl halides is 3. The van der Waals surface area contributed by atoms with E-state index >= 15 is 0 Å². The van der Waals surface area contributed by atoms with E-state index in [9.17, 15) is 39.9 Å². The Morgan fingerprint density at radius 1 is 0.684 bits per heavy atom. The molecule has 0 N–H and O–H groups in total. The Morgan fingerprint density at radius 2 is 1.11 bits per heavy atom. The fourth-order valence-electron chi connectivity index (χ4n) is 1.65. The first-order valence-electron chi connectivity index (χ1n) is 4.47. The number of hydrogen-bond acceptors (Lipinski definition) is 1. The fraction of sp³-hybridized carbons (Fsp3) is 0.100. The first kappa shape index (κ1) is 13.5. The Hall–Kier alpha value is -1.93. The van der Waals surface area contributed by atoms with Crippen LogP contribution in [0.5, 0.6) is 0 Å². The lowest BCUT2D eigenvalue weighted by Crippen LogP contribution is -2.18. The molecule has 1 aliphatic carbocycles. The van der Waals surface area contributed by atoms with Crippen molar-refractivity contribution in [3.63, 3.8) is 0 Å². The number of fused-ring (bicyclic) bond motifs is 1. The van der Waals surface area contributed by atoms with Crippen molar-refractivity contribution in [2.24, 2.45) is 0 Å². The molecule has 0 radical (unpaired) electrons. The predicted octanol–water partition coefficient (Wildman–Crippen LogP) is 3.68. The van der Waals surface area contributed by atoms with Crippen LogP contribution in [0.2, 0.25) is 0 Å². The van der Waals surface area contributed by atoms with Gasteiger partial charge in [0.15, 0.2) is 29.1 Å². The van der Waals surface area contributed by atoms with Crippen molar-refractivity contribution >= 4 is 11.6 Å². The molecule has 1 aromatic carbocycles. The zero-order chi connectivity index (χ0) is 14.7. The molecular weight excluding hydrogens is 288 g/mol. The zero-order valence-electron chi connectivity index (χ0n) is 8.43. The molecule has 9 heteroatoms. The molecule has 19 heavy (non-hydrogen) atoms. The molecule has 0 amide bonds. The van der Waals surface area contributed by atoms with Crippen LogP contribution in [0.1, 0.15) is 15.9 Å². The fourth-order valence-corrected chi connectivity index (χ4v) is 1.65. The highest BCUT2D eigenvalue weighted by atomic mass is 19.4. The summed E-state index contributed by atoms with van der Waals surface area (Å²) in [6, 6.07) is 0. The second-order valence-corrected chi connectivity index (χ2v) is 3.52. The van der Waals surface area contributed by atoms with Gasteiger partial charge in [0.05, 0.1) is 11.1 Å². The van der Waals surface area contributed by atoms with Crippen molar-refractivity contribution < 1.29 is 39.9 Å². The van der Waals surface area contributed by atoms with E-state index in [1.54, 1.807) is 0 Å². The van der Waals surface area contributed by atoms with Crippen LogP contribution in [0.25, 0.3) is 5.83 Å². The maximum atomic E-state index is 13.3. The van der Waals surface area contributed by atoms with Gasteiger partial charge >= 0.3 is 6.18 Å². The van der Waals surface area contributed by atoms with Crippen molar-refractivity contribution in [1.82, 2.24) is 0 Å². The molecule has 1 aromatic rings. The summed E-state index contributed by atoms with van der Waals surface area (Å²) < 4.78 is 102. The summed E-state index contributed by atoms with van der Waals surface area (Å²) in [6.07, 6.45) is -5.55. The Labute approximate surface area is 98.7 Å². The van der Waals surface area contributed by atoms with Gasteiger partial charge in [0.2, 0.25) is 5.78 Å². The molecule has 0 saturated carbocycles. The van der Waals surface area contributed by atoms with Crippen molar-refractivity contribution in [2.45, 2.75) is 6.18 Å². The molecule has 102 valence electrons. The number of benzene rings is 1. The number of carbonyl (C=O) groups is 1. The van der Waals surface area contributed by atoms with Gasteiger partial charge in [-0.3, -0.25) is 4.79 Å². The minimum absolute atomic E-state index is 1.80. The number of hydrogen-bond donors (Lipinski definition) is 0. The Balaban J connectivity index is 2.89. The highest BCUT2D eigenvalue weighted by Crippen LogP contribution is 2.44. The van der Waals surface area contributed by atoms with Crippen LogP contribution in [0.3, 0.4) is 0 Å². The van der Waals surface area contributed by atoms with Crippen molar-refractivity contribution in [3.8, 4) is 0 Å². The molecule has 1 aliphatic rings. The van der Waals surface area contributed by atoms with Crippen LogP contribution in [-0.4, -0.2) is 12.0 Å². The Bertz CT molecular complexity index is 640. The summed E-state index contributed by atoms with van der Waals surface area (Å²) in [5.74, 6) is -14.5. The molecule has 0 bridgehead atoms. The lowest BCUT2D eigenvalue weighted by atomic mass is 10.1. The van der Waals surface area contributed by atoms with E-state index in [0.29, 0.717) is 0 Å². The number of ketones is 1. The van der Waals surface area contributed by atoms with Crippen LogP contribution >= 0.6 is 0 Å². The number of rotatable bonds is 0. The normalized spacial score (nSPS) is 15.3. The third-order valence-corrected chi connectivity index (χ3v) is 2.44. The molecule has 0 heterocycles. The van der Waals surface area contributed by atoms with Gasteiger partial charge in [-0.25, -0.2) is 22.0 Å². The first-order valence-corrected chi connectivity index (χ1v) is 4.47. The van der Waals surface area contributed by atoms with Crippen LogP contribution in [0, 0.1) is 23.3 Å². The Kier molecular flexibility index (Phi) is 2.69. The zero-order valence-corrected chi connectivity index (χ0v) is 8.43. The van der Waals surface area contributed by atoms with Gasteiger partial charge in [0.25, 0.3) is 0 Å². The van der Waals surface area contributed by atoms with E-state index in [2.05, 4.69) is 0 Å². The number of allylic oxidation sites excluding steroid dienone is 1. The third kappa shape index (κ3) is 1.64. The molecule has 0 aromatic heterocycles. The Morgan fingerprint density at radius 3 is 1.53 bits per heavy atom. The highest BCUT2D eigenvalue weighted by molar-refractivity contribution is 6.20. The lowest BCUT2D eigenvalue weighted by Gasteiger charge is -2.05. The van der Waals surface area contributed by atoms with Crippen LogP contribution in [-0.2, 0) is 0 Å². The van der Waals surface area contributed by atoms with Gasteiger partial charge in [0, 0.05) is 0 Å². The lowest BCUT2D eigenvalue weighted by molar-refractivity contribution is -0.0884. The van der Waals surface area contributed by atoms with Crippen LogP contribution < -0.4 is 0 Å². The average molecular weight is 288 g/mol. The molecule has 0 fully saturated rings. The van der Waals surface area contributed by atoms with E-state index in [0.717, 1.165) is 0 Å². The summed E-state index contributed by atoms with van der Waals surface area (Å²) in [6.45, 7) is 0. The van der Waals surface area contributed by atoms with E-state index in [1.807, 2.05) is 0 Å². The third-order valence-electron chi connectivity index (χ3n) is 2.44. The molecule has 0 atom stereocenters. The quantitative estimate of drug-likeness (QED) is 0.404. The van der Waals surface area contributed by atoms with Gasteiger partial charge in [-0.1, -0.05) is 0 Å². The van der Waals surface area contributed by atoms with Gasteiger partial charge in [0.1, 0.15) is 5.57 Å². The van der Waals surface area contributed by atoms with Crippen molar-refractivity contribution in [1.29, 1.82) is 0 Å². The van der Waals surface area contributed by atoms with Crippen molar-refractivity contribution in [3.05, 3.63) is 40.0 Å². The maximum absolute atomic E-state index is 13.3. The molecule has 1 nitrogen and oxygen atoms in total. The summed E-state index contributed by atoms with van der Waals surface area (Å²) in [5, 5.41) is 0. The molecule has 0 aliphatic heterocycles. The minimum atomic E-state index is -5.55. The summed E-state index contributed by atoms with van der Waals surface area (Å²) in [7, 11) is 0. The maximum Gasteiger partial charge on any atom is 0.423 e. The molecular formula is C10F8O. The van der Waals surface area contributed by atoms with E-state index in [4.69, 9.17) is 0 Å². The monoisotopic (exact) mass is 288 g/mol. The molecule has 0 unspecified atom stereocenters. The highest BCUT2D eigenvalue weighted by Gasteiger charge is 2.50. The van der Waals surface area contributed by atoms with E-state index < -0.39 is 57.8 Å². The number of Topliss-reactive ketones (excluding diaryl/α,β-unsaturated/α-hetero) is 1. The van der Waals surface area contributed by atoms with E-state index in [-0.39, 0.29) is 0 Å². The van der Waals surface area contributed by atoms with Gasteiger partial charge in [-0.05, 0) is 0 Å². The SMILES string of the molecule is O=C1C(C(F)(F)F)=C(F)c2c(F)c(F)c(F)c(F)c21. The second kappa shape index (κ2) is 3.78. The number of carbonyl (C=O) groups excluding carboxylic acids is 1. The molecule has 0 saturated heterocycles. The summed E-state index contributed by atoms with van der Waals surface area (Å²) >= 11 is 0. The predicted molar refractivity (Wildman–Crippen MR) is 44.7 cm³/mol. The van der Waals surface area contributed by atoms with Gasteiger partial charge in [-0.15, -0.1) is 0 Å². The van der Waals surface area contributed by atoms with Crippen LogP contribution in [0.4, 0.5) is 35.1 Å².